The minimum Gasteiger partial charge on any atom is -0.462 e. The molecule has 2 N–H and O–H groups in total. The van der Waals surface area contributed by atoms with Crippen molar-refractivity contribution in [3.05, 3.63) is 15.6 Å². The number of nitrogens with zero attached hydrogens (tertiary/aromatic N) is 3. The Bertz CT molecular complexity index is 661. The predicted molar refractivity (Wildman–Crippen MR) is 131 cm³/mol. The number of nitrogens with one attached hydrogen (secondary N) is 2. The van der Waals surface area contributed by atoms with E-state index in [4.69, 9.17) is 4.74 Å². The van der Waals surface area contributed by atoms with Crippen LogP contribution < -0.4 is 10.6 Å². The molecule has 2 rings (SSSR count). The van der Waals surface area contributed by atoms with Crippen molar-refractivity contribution >= 4 is 47.2 Å². The van der Waals surface area contributed by atoms with E-state index in [-0.39, 0.29) is 36.0 Å². The van der Waals surface area contributed by atoms with Crippen LogP contribution in [0.1, 0.15) is 72.4 Å². The topological polar surface area (TPSA) is 78.8 Å². The molecular formula is C20H36IN5O2S. The highest BCUT2D eigenvalue weighted by Crippen LogP contribution is 2.24. The van der Waals surface area contributed by atoms with Crippen molar-refractivity contribution in [3.8, 4) is 0 Å². The van der Waals surface area contributed by atoms with Gasteiger partial charge in [-0.25, -0.2) is 9.78 Å². The van der Waals surface area contributed by atoms with Crippen LogP contribution in [0, 0.1) is 6.92 Å². The highest BCUT2D eigenvalue weighted by Gasteiger charge is 2.20. The lowest BCUT2D eigenvalue weighted by Gasteiger charge is -2.31. The highest BCUT2D eigenvalue weighted by molar-refractivity contribution is 14.0. The average molecular weight is 538 g/mol. The van der Waals surface area contributed by atoms with Gasteiger partial charge in [0.2, 0.25) is 0 Å². The van der Waals surface area contributed by atoms with Gasteiger partial charge in [0.05, 0.1) is 18.3 Å². The molecule has 1 fully saturated rings. The van der Waals surface area contributed by atoms with E-state index in [9.17, 15) is 4.79 Å². The number of halogens is 1. The van der Waals surface area contributed by atoms with Crippen LogP contribution in [-0.2, 0) is 4.74 Å². The van der Waals surface area contributed by atoms with Gasteiger partial charge in [0.25, 0.3) is 0 Å². The largest absolute Gasteiger partial charge is 0.462 e. The van der Waals surface area contributed by atoms with Gasteiger partial charge < -0.3 is 20.3 Å². The first-order chi connectivity index (χ1) is 13.5. The smallest absolute Gasteiger partial charge is 0.350 e. The Morgan fingerprint density at radius 3 is 2.69 bits per heavy atom. The van der Waals surface area contributed by atoms with E-state index < -0.39 is 0 Å². The molecule has 1 heterocycles. The first-order valence-electron chi connectivity index (χ1n) is 10.3. The lowest BCUT2D eigenvalue weighted by molar-refractivity contribution is 0.0531. The zero-order valence-electron chi connectivity index (χ0n) is 18.3. The van der Waals surface area contributed by atoms with Crippen molar-refractivity contribution in [3.63, 3.8) is 0 Å². The number of hydrogen-bond acceptors (Lipinski definition) is 6. The second-order valence-corrected chi connectivity index (χ2v) is 8.36. The van der Waals surface area contributed by atoms with E-state index >= 15 is 0 Å². The summed E-state index contributed by atoms with van der Waals surface area (Å²) in [6, 6.07) is 0.665. The SMILES string of the molecule is CCOC(=O)c1sc(C(C)NC(=NC)NCCN(C)C2CCCCC2)nc1C.I. The van der Waals surface area contributed by atoms with Gasteiger partial charge in [-0.2, -0.15) is 0 Å². The van der Waals surface area contributed by atoms with E-state index in [0.29, 0.717) is 23.2 Å². The molecule has 7 nitrogen and oxygen atoms in total. The Labute approximate surface area is 196 Å². The number of aryl methyl sites for hydroxylation is 1. The third-order valence-corrected chi connectivity index (χ3v) is 6.50. The van der Waals surface area contributed by atoms with E-state index in [1.807, 2.05) is 13.8 Å². The zero-order valence-corrected chi connectivity index (χ0v) is 21.4. The molecule has 1 atom stereocenters. The third kappa shape index (κ3) is 8.01. The molecular weight excluding hydrogens is 501 g/mol. The van der Waals surface area contributed by atoms with Crippen molar-refractivity contribution in [2.45, 2.75) is 65.0 Å². The summed E-state index contributed by atoms with van der Waals surface area (Å²) in [5.74, 6) is 0.444. The Kier molecular flexibility index (Phi) is 12.0. The number of guanidine groups is 1. The lowest BCUT2D eigenvalue weighted by atomic mass is 9.94. The molecule has 29 heavy (non-hydrogen) atoms. The number of esters is 1. The molecule has 1 aliphatic rings. The lowest BCUT2D eigenvalue weighted by Crippen LogP contribution is -2.44. The molecule has 0 radical (unpaired) electrons. The summed E-state index contributed by atoms with van der Waals surface area (Å²) >= 11 is 1.38. The number of carbonyl (C=O) groups is 1. The number of rotatable bonds is 8. The van der Waals surface area contributed by atoms with Crippen molar-refractivity contribution in [1.29, 1.82) is 0 Å². The maximum absolute atomic E-state index is 12.0. The number of thiazole rings is 1. The summed E-state index contributed by atoms with van der Waals surface area (Å²) in [5.41, 5.74) is 0.712. The molecule has 1 aromatic rings. The molecule has 0 aromatic carbocycles. The van der Waals surface area contributed by atoms with Gasteiger partial charge >= 0.3 is 5.97 Å². The summed E-state index contributed by atoms with van der Waals surface area (Å²) in [6.07, 6.45) is 6.71. The Morgan fingerprint density at radius 1 is 1.38 bits per heavy atom. The van der Waals surface area contributed by atoms with Crippen LogP contribution in [0.15, 0.2) is 4.99 Å². The average Bonchev–Trinajstić information content (AvgIpc) is 3.09. The fourth-order valence-corrected chi connectivity index (χ4v) is 4.47. The maximum atomic E-state index is 12.0. The fourth-order valence-electron chi connectivity index (χ4n) is 3.51. The van der Waals surface area contributed by atoms with Gasteiger partial charge in [0.15, 0.2) is 5.96 Å². The number of ether oxygens (including phenoxy) is 1. The second kappa shape index (κ2) is 13.4. The van der Waals surface area contributed by atoms with E-state index in [1.54, 1.807) is 14.0 Å². The van der Waals surface area contributed by atoms with Crippen LogP contribution >= 0.6 is 35.3 Å². The summed E-state index contributed by atoms with van der Waals surface area (Å²) < 4.78 is 5.10. The summed E-state index contributed by atoms with van der Waals surface area (Å²) in [5, 5.41) is 7.60. The minimum absolute atomic E-state index is 0. The number of likely N-dealkylation sites (N-methyl/N-ethyl adjacent to an activating group) is 1. The van der Waals surface area contributed by atoms with E-state index in [1.165, 1.54) is 43.4 Å². The first kappa shape index (κ1) is 26.1. The monoisotopic (exact) mass is 537 g/mol. The highest BCUT2D eigenvalue weighted by atomic mass is 127. The third-order valence-electron chi connectivity index (χ3n) is 5.18. The van der Waals surface area contributed by atoms with E-state index in [2.05, 4.69) is 32.6 Å². The summed E-state index contributed by atoms with van der Waals surface area (Å²) in [6.45, 7) is 7.86. The molecule has 0 bridgehead atoms. The number of aromatic nitrogens is 1. The molecule has 0 saturated heterocycles. The van der Waals surface area contributed by atoms with Gasteiger partial charge in [-0.05, 0) is 40.7 Å². The Morgan fingerprint density at radius 2 is 2.07 bits per heavy atom. The standard InChI is InChI=1S/C20H35N5O2S.HI/c1-6-27-19(26)17-14(2)23-18(28-17)15(3)24-20(21-4)22-12-13-25(5)16-10-8-7-9-11-16;/h15-16H,6-13H2,1-5H3,(H2,21,22,24);1H. The van der Waals surface area contributed by atoms with Crippen molar-refractivity contribution in [1.82, 2.24) is 20.5 Å². The van der Waals surface area contributed by atoms with Crippen LogP contribution in [0.25, 0.3) is 0 Å². The van der Waals surface area contributed by atoms with Gasteiger partial charge in [0.1, 0.15) is 9.88 Å². The van der Waals surface area contributed by atoms with Gasteiger partial charge in [0, 0.05) is 26.2 Å². The van der Waals surface area contributed by atoms with Crippen molar-refractivity contribution in [2.75, 3.05) is 33.8 Å². The Balaban J connectivity index is 0.00000420. The molecule has 166 valence electrons. The number of hydrogen-bond donors (Lipinski definition) is 2. The molecule has 0 spiro atoms. The van der Waals surface area contributed by atoms with Gasteiger partial charge in [-0.15, -0.1) is 35.3 Å². The van der Waals surface area contributed by atoms with Gasteiger partial charge in [-0.3, -0.25) is 4.99 Å². The summed E-state index contributed by atoms with van der Waals surface area (Å²) in [7, 11) is 3.98. The first-order valence-corrected chi connectivity index (χ1v) is 11.1. The molecule has 0 amide bonds. The van der Waals surface area contributed by atoms with Crippen LogP contribution in [0.4, 0.5) is 0 Å². The molecule has 9 heteroatoms. The summed E-state index contributed by atoms with van der Waals surface area (Å²) in [4.78, 5) is 23.9. The minimum atomic E-state index is -0.302. The molecule has 1 saturated carbocycles. The van der Waals surface area contributed by atoms with Gasteiger partial charge in [-0.1, -0.05) is 19.3 Å². The quantitative estimate of drug-likeness (QED) is 0.228. The Hall–Kier alpha value is -0.940. The van der Waals surface area contributed by atoms with E-state index in [0.717, 1.165) is 24.1 Å². The molecule has 1 aromatic heterocycles. The fraction of sp³-hybridized carbons (Fsp3) is 0.750. The predicted octanol–water partition coefficient (Wildman–Crippen LogP) is 3.74. The number of aliphatic imine (C=N–C) groups is 1. The van der Waals surface area contributed by atoms with Crippen LogP contribution in [0.5, 0.6) is 0 Å². The number of carbonyl (C=O) groups excluding carboxylic acids is 1. The van der Waals surface area contributed by atoms with Crippen LogP contribution in [0.3, 0.4) is 0 Å². The maximum Gasteiger partial charge on any atom is 0.350 e. The normalized spacial score (nSPS) is 16.3. The van der Waals surface area contributed by atoms with Crippen LogP contribution in [-0.4, -0.2) is 61.6 Å². The van der Waals surface area contributed by atoms with Crippen molar-refractivity contribution in [2.24, 2.45) is 4.99 Å². The van der Waals surface area contributed by atoms with Crippen molar-refractivity contribution < 1.29 is 9.53 Å². The zero-order chi connectivity index (χ0) is 20.5. The second-order valence-electron chi connectivity index (χ2n) is 7.32. The molecule has 1 unspecified atom stereocenters. The molecule has 1 aliphatic carbocycles. The van der Waals surface area contributed by atoms with Crippen LogP contribution in [0.2, 0.25) is 0 Å². The molecule has 0 aliphatic heterocycles.